The first-order valence-corrected chi connectivity index (χ1v) is 6.94. The summed E-state index contributed by atoms with van der Waals surface area (Å²) in [5.74, 6) is 1.24. The quantitative estimate of drug-likeness (QED) is 0.866. The van der Waals surface area contributed by atoms with Crippen LogP contribution < -0.4 is 5.32 Å². The lowest BCUT2D eigenvalue weighted by molar-refractivity contribution is 0.0732. The van der Waals surface area contributed by atoms with E-state index < -0.39 is 0 Å². The van der Waals surface area contributed by atoms with Gasteiger partial charge in [0.2, 0.25) is 0 Å². The third-order valence-electron chi connectivity index (χ3n) is 3.69. The normalized spacial score (nSPS) is 21.2. The highest BCUT2D eigenvalue weighted by atomic mass is 16.3. The molecule has 1 fully saturated rings. The summed E-state index contributed by atoms with van der Waals surface area (Å²) in [6.45, 7) is 0.827. The summed E-state index contributed by atoms with van der Waals surface area (Å²) in [5, 5.41) is 12.7. The Morgan fingerprint density at radius 1 is 1.20 bits per heavy atom. The molecule has 104 valence electrons. The fourth-order valence-electron chi connectivity index (χ4n) is 2.41. The molecule has 1 saturated carbocycles. The fourth-order valence-corrected chi connectivity index (χ4v) is 2.41. The largest absolute Gasteiger partial charge is 0.393 e. The molecule has 0 bridgehead atoms. The van der Waals surface area contributed by atoms with E-state index in [0.29, 0.717) is 5.92 Å². The Hall–Kier alpha value is -2.01. The van der Waals surface area contributed by atoms with Crippen LogP contribution in [-0.2, 0) is 6.42 Å². The molecule has 2 aromatic rings. The topological polar surface area (TPSA) is 70.9 Å². The predicted octanol–water partition coefficient (Wildman–Crippen LogP) is 1.76. The average Bonchev–Trinajstić information content (AvgIpc) is 2.45. The first-order chi connectivity index (χ1) is 9.81. The highest BCUT2D eigenvalue weighted by Crippen LogP contribution is 2.35. The SMILES string of the molecule is OC1CC(c2cc(NCCc3ccncc3)ncn2)C1. The number of rotatable bonds is 5. The van der Waals surface area contributed by atoms with Gasteiger partial charge in [-0.1, -0.05) is 0 Å². The Kier molecular flexibility index (Phi) is 3.87. The minimum atomic E-state index is -0.155. The van der Waals surface area contributed by atoms with Gasteiger partial charge in [-0.05, 0) is 37.0 Å². The molecule has 0 aromatic carbocycles. The molecule has 0 atom stereocenters. The van der Waals surface area contributed by atoms with Crippen molar-refractivity contribution in [1.29, 1.82) is 0 Å². The fraction of sp³-hybridized carbons (Fsp3) is 0.400. The van der Waals surface area contributed by atoms with Crippen molar-refractivity contribution in [3.05, 3.63) is 48.2 Å². The minimum Gasteiger partial charge on any atom is -0.393 e. The van der Waals surface area contributed by atoms with E-state index in [0.717, 1.165) is 37.3 Å². The molecule has 2 N–H and O–H groups in total. The molecule has 1 aliphatic rings. The van der Waals surface area contributed by atoms with Crippen molar-refractivity contribution in [3.8, 4) is 0 Å². The van der Waals surface area contributed by atoms with Gasteiger partial charge in [0.25, 0.3) is 0 Å². The van der Waals surface area contributed by atoms with Gasteiger partial charge < -0.3 is 10.4 Å². The molecule has 0 saturated heterocycles. The Labute approximate surface area is 118 Å². The molecule has 0 amide bonds. The molecule has 2 aromatic heterocycles. The average molecular weight is 270 g/mol. The predicted molar refractivity (Wildman–Crippen MR) is 76.4 cm³/mol. The number of hydrogen-bond donors (Lipinski definition) is 2. The molecule has 0 spiro atoms. The van der Waals surface area contributed by atoms with Gasteiger partial charge in [0.1, 0.15) is 12.1 Å². The van der Waals surface area contributed by atoms with Crippen molar-refractivity contribution in [2.24, 2.45) is 0 Å². The summed E-state index contributed by atoms with van der Waals surface area (Å²) in [7, 11) is 0. The molecule has 20 heavy (non-hydrogen) atoms. The number of nitrogens with zero attached hydrogens (tertiary/aromatic N) is 3. The third-order valence-corrected chi connectivity index (χ3v) is 3.69. The van der Waals surface area contributed by atoms with E-state index in [1.54, 1.807) is 18.7 Å². The lowest BCUT2D eigenvalue weighted by atomic mass is 9.80. The molecular weight excluding hydrogens is 252 g/mol. The van der Waals surface area contributed by atoms with E-state index in [1.165, 1.54) is 5.56 Å². The Morgan fingerprint density at radius 3 is 2.75 bits per heavy atom. The number of aromatic nitrogens is 3. The molecule has 5 nitrogen and oxygen atoms in total. The van der Waals surface area contributed by atoms with Crippen LogP contribution in [0.15, 0.2) is 36.9 Å². The Bertz CT molecular complexity index is 555. The maximum absolute atomic E-state index is 9.35. The highest BCUT2D eigenvalue weighted by Gasteiger charge is 2.29. The second kappa shape index (κ2) is 5.96. The first kappa shape index (κ1) is 13.0. The molecule has 3 rings (SSSR count). The standard InChI is InChI=1S/C15H18N4O/c20-13-7-12(8-13)14-9-15(19-10-18-14)17-6-3-11-1-4-16-5-2-11/h1-2,4-5,9-10,12-13,20H,3,6-8H2,(H,17,18,19). The lowest BCUT2D eigenvalue weighted by Gasteiger charge is -2.30. The van der Waals surface area contributed by atoms with E-state index in [-0.39, 0.29) is 6.10 Å². The van der Waals surface area contributed by atoms with E-state index in [9.17, 15) is 5.11 Å². The number of hydrogen-bond acceptors (Lipinski definition) is 5. The maximum Gasteiger partial charge on any atom is 0.129 e. The molecule has 2 heterocycles. The van der Waals surface area contributed by atoms with Crippen LogP contribution in [0.5, 0.6) is 0 Å². The molecule has 0 radical (unpaired) electrons. The summed E-state index contributed by atoms with van der Waals surface area (Å²) in [4.78, 5) is 12.5. The van der Waals surface area contributed by atoms with Gasteiger partial charge in [0.05, 0.1) is 6.10 Å². The maximum atomic E-state index is 9.35. The highest BCUT2D eigenvalue weighted by molar-refractivity contribution is 5.36. The van der Waals surface area contributed by atoms with Crippen molar-refractivity contribution >= 4 is 5.82 Å². The summed E-state index contributed by atoms with van der Waals surface area (Å²) < 4.78 is 0. The second-order valence-corrected chi connectivity index (χ2v) is 5.18. The summed E-state index contributed by atoms with van der Waals surface area (Å²) in [6, 6.07) is 6.02. The number of anilines is 1. The van der Waals surface area contributed by atoms with Gasteiger partial charge in [-0.25, -0.2) is 9.97 Å². The smallest absolute Gasteiger partial charge is 0.129 e. The van der Waals surface area contributed by atoms with Crippen molar-refractivity contribution < 1.29 is 5.11 Å². The number of nitrogens with one attached hydrogen (secondary N) is 1. The summed E-state index contributed by atoms with van der Waals surface area (Å²) in [5.41, 5.74) is 2.28. The zero-order valence-electron chi connectivity index (χ0n) is 11.2. The second-order valence-electron chi connectivity index (χ2n) is 5.18. The van der Waals surface area contributed by atoms with Gasteiger partial charge >= 0.3 is 0 Å². The number of aliphatic hydroxyl groups is 1. The van der Waals surface area contributed by atoms with Gasteiger partial charge in [-0.3, -0.25) is 4.98 Å². The molecule has 0 aliphatic heterocycles. The van der Waals surface area contributed by atoms with Crippen molar-refractivity contribution in [2.75, 3.05) is 11.9 Å². The van der Waals surface area contributed by atoms with Gasteiger partial charge in [-0.15, -0.1) is 0 Å². The van der Waals surface area contributed by atoms with Crippen LogP contribution in [-0.4, -0.2) is 32.7 Å². The molecule has 0 unspecified atom stereocenters. The zero-order valence-corrected chi connectivity index (χ0v) is 11.2. The van der Waals surface area contributed by atoms with Crippen molar-refractivity contribution in [1.82, 2.24) is 15.0 Å². The van der Waals surface area contributed by atoms with E-state index in [4.69, 9.17) is 0 Å². The van der Waals surface area contributed by atoms with Crippen LogP contribution >= 0.6 is 0 Å². The zero-order chi connectivity index (χ0) is 13.8. The van der Waals surface area contributed by atoms with Gasteiger partial charge in [0.15, 0.2) is 0 Å². The molecule has 1 aliphatic carbocycles. The van der Waals surface area contributed by atoms with Crippen LogP contribution in [0, 0.1) is 0 Å². The lowest BCUT2D eigenvalue weighted by Crippen LogP contribution is -2.27. The Balaban J connectivity index is 1.54. The number of aliphatic hydroxyl groups excluding tert-OH is 1. The summed E-state index contributed by atoms with van der Waals surface area (Å²) in [6.07, 6.45) is 7.61. The third kappa shape index (κ3) is 3.11. The summed E-state index contributed by atoms with van der Waals surface area (Å²) >= 11 is 0. The van der Waals surface area contributed by atoms with Crippen LogP contribution in [0.4, 0.5) is 5.82 Å². The van der Waals surface area contributed by atoms with Crippen molar-refractivity contribution in [2.45, 2.75) is 31.3 Å². The molecule has 5 heteroatoms. The van der Waals surface area contributed by atoms with E-state index in [2.05, 4.69) is 20.3 Å². The van der Waals surface area contributed by atoms with Crippen molar-refractivity contribution in [3.63, 3.8) is 0 Å². The number of pyridine rings is 1. The van der Waals surface area contributed by atoms with Crippen LogP contribution in [0.2, 0.25) is 0 Å². The monoisotopic (exact) mass is 270 g/mol. The van der Waals surface area contributed by atoms with Crippen LogP contribution in [0.1, 0.15) is 30.0 Å². The Morgan fingerprint density at radius 2 is 2.00 bits per heavy atom. The van der Waals surface area contributed by atoms with E-state index in [1.807, 2.05) is 18.2 Å². The molecular formula is C15H18N4O. The minimum absolute atomic E-state index is 0.155. The van der Waals surface area contributed by atoms with Gasteiger partial charge in [-0.2, -0.15) is 0 Å². The first-order valence-electron chi connectivity index (χ1n) is 6.94. The van der Waals surface area contributed by atoms with Crippen LogP contribution in [0.25, 0.3) is 0 Å². The van der Waals surface area contributed by atoms with Gasteiger partial charge in [0, 0.05) is 36.6 Å². The van der Waals surface area contributed by atoms with Crippen LogP contribution in [0.3, 0.4) is 0 Å². The van der Waals surface area contributed by atoms with E-state index >= 15 is 0 Å².